The molecule has 1 N–H and O–H groups in total. The van der Waals surface area contributed by atoms with Crippen LogP contribution in [0.5, 0.6) is 23.1 Å². The van der Waals surface area contributed by atoms with Gasteiger partial charge in [-0.2, -0.15) is 0 Å². The molecule has 0 saturated heterocycles. The number of aromatic nitrogens is 2. The van der Waals surface area contributed by atoms with E-state index in [1.807, 2.05) is 31.2 Å². The van der Waals surface area contributed by atoms with Crippen molar-refractivity contribution in [1.29, 1.82) is 0 Å². The van der Waals surface area contributed by atoms with E-state index >= 15 is 0 Å². The summed E-state index contributed by atoms with van der Waals surface area (Å²) in [6, 6.07) is 9.23. The Hall–Kier alpha value is -3.02. The normalized spacial score (nSPS) is 10.5. The highest BCUT2D eigenvalue weighted by molar-refractivity contribution is 5.88. The van der Waals surface area contributed by atoms with Crippen molar-refractivity contribution < 1.29 is 14.2 Å². The first-order valence-corrected chi connectivity index (χ1v) is 7.63. The van der Waals surface area contributed by atoms with E-state index in [2.05, 4.69) is 15.3 Å². The predicted molar refractivity (Wildman–Crippen MR) is 93.3 cm³/mol. The molecule has 0 fully saturated rings. The van der Waals surface area contributed by atoms with E-state index in [1.165, 1.54) is 0 Å². The smallest absolute Gasteiger partial charge is 0.219 e. The third-order valence-electron chi connectivity index (χ3n) is 3.54. The molecule has 2 aromatic heterocycles. The van der Waals surface area contributed by atoms with Crippen LogP contribution in [0.3, 0.4) is 0 Å². The Morgan fingerprint density at radius 2 is 1.75 bits per heavy atom. The molecule has 0 amide bonds. The van der Waals surface area contributed by atoms with E-state index in [0.717, 1.165) is 23.1 Å². The van der Waals surface area contributed by atoms with E-state index < -0.39 is 0 Å². The second kappa shape index (κ2) is 7.04. The second-order valence-corrected chi connectivity index (χ2v) is 5.05. The molecule has 0 aliphatic rings. The number of hydrogen-bond acceptors (Lipinski definition) is 6. The van der Waals surface area contributed by atoms with Crippen molar-refractivity contribution in [2.24, 2.45) is 0 Å². The first kappa shape index (κ1) is 15.9. The molecule has 0 unspecified atom stereocenters. The van der Waals surface area contributed by atoms with Crippen LogP contribution in [0.2, 0.25) is 0 Å². The zero-order valence-corrected chi connectivity index (χ0v) is 13.9. The molecule has 2 heterocycles. The van der Waals surface area contributed by atoms with E-state index in [4.69, 9.17) is 14.2 Å². The van der Waals surface area contributed by atoms with E-state index in [1.54, 1.807) is 32.7 Å². The van der Waals surface area contributed by atoms with Gasteiger partial charge in [-0.1, -0.05) is 0 Å². The third kappa shape index (κ3) is 3.17. The molecule has 0 atom stereocenters. The standard InChI is InChI=1S/C18H19N3O3/c1-4-19-12-5-6-18(21-11-12)24-15-7-8-20-14-10-17(23-3)16(22-2)9-13(14)15/h5-11,19H,4H2,1-3H3. The fourth-order valence-electron chi connectivity index (χ4n) is 2.40. The molecule has 1 aromatic carbocycles. The molecule has 0 saturated carbocycles. The molecule has 24 heavy (non-hydrogen) atoms. The van der Waals surface area contributed by atoms with Gasteiger partial charge in [0.1, 0.15) is 5.75 Å². The van der Waals surface area contributed by atoms with Crippen LogP contribution < -0.4 is 19.5 Å². The Labute approximate surface area is 140 Å². The van der Waals surface area contributed by atoms with Gasteiger partial charge < -0.3 is 19.5 Å². The van der Waals surface area contributed by atoms with Crippen LogP contribution in [-0.2, 0) is 0 Å². The molecule has 124 valence electrons. The molecular weight excluding hydrogens is 306 g/mol. The van der Waals surface area contributed by atoms with Crippen LogP contribution >= 0.6 is 0 Å². The summed E-state index contributed by atoms with van der Waals surface area (Å²) in [6.07, 6.45) is 3.43. The number of fused-ring (bicyclic) bond motifs is 1. The monoisotopic (exact) mass is 325 g/mol. The summed E-state index contributed by atoms with van der Waals surface area (Å²) >= 11 is 0. The predicted octanol–water partition coefficient (Wildman–Crippen LogP) is 3.87. The number of nitrogens with one attached hydrogen (secondary N) is 1. The van der Waals surface area contributed by atoms with Crippen LogP contribution in [0.25, 0.3) is 10.9 Å². The van der Waals surface area contributed by atoms with Gasteiger partial charge in [0, 0.05) is 30.3 Å². The van der Waals surface area contributed by atoms with Gasteiger partial charge in [0.25, 0.3) is 0 Å². The zero-order valence-electron chi connectivity index (χ0n) is 13.9. The Morgan fingerprint density at radius 3 is 2.42 bits per heavy atom. The summed E-state index contributed by atoms with van der Waals surface area (Å²) in [4.78, 5) is 8.67. The number of nitrogens with zero attached hydrogens (tertiary/aromatic N) is 2. The quantitative estimate of drug-likeness (QED) is 0.742. The lowest BCUT2D eigenvalue weighted by atomic mass is 10.2. The lowest BCUT2D eigenvalue weighted by Crippen LogP contribution is -1.97. The van der Waals surface area contributed by atoms with Crippen LogP contribution in [0.4, 0.5) is 5.69 Å². The Morgan fingerprint density at radius 1 is 0.958 bits per heavy atom. The number of pyridine rings is 2. The maximum atomic E-state index is 5.92. The van der Waals surface area contributed by atoms with Gasteiger partial charge in [0.15, 0.2) is 11.5 Å². The van der Waals surface area contributed by atoms with Gasteiger partial charge in [0.05, 0.1) is 31.6 Å². The highest BCUT2D eigenvalue weighted by atomic mass is 16.5. The fraction of sp³-hybridized carbons (Fsp3) is 0.222. The topological polar surface area (TPSA) is 65.5 Å². The van der Waals surface area contributed by atoms with Crippen molar-refractivity contribution in [3.8, 4) is 23.1 Å². The maximum absolute atomic E-state index is 5.92. The Kier molecular flexibility index (Phi) is 4.65. The zero-order chi connectivity index (χ0) is 16.9. The molecule has 3 aromatic rings. The van der Waals surface area contributed by atoms with E-state index in [9.17, 15) is 0 Å². The summed E-state index contributed by atoms with van der Waals surface area (Å²) < 4.78 is 16.6. The van der Waals surface area contributed by atoms with Crippen LogP contribution in [0.15, 0.2) is 42.7 Å². The summed E-state index contributed by atoms with van der Waals surface area (Å²) in [5.74, 6) is 2.42. The first-order valence-electron chi connectivity index (χ1n) is 7.63. The number of hydrogen-bond donors (Lipinski definition) is 1. The summed E-state index contributed by atoms with van der Waals surface area (Å²) in [5.41, 5.74) is 1.71. The number of rotatable bonds is 6. The molecule has 6 heteroatoms. The maximum Gasteiger partial charge on any atom is 0.219 e. The van der Waals surface area contributed by atoms with Crippen molar-refractivity contribution in [2.45, 2.75) is 6.92 Å². The van der Waals surface area contributed by atoms with Crippen LogP contribution in [0, 0.1) is 0 Å². The van der Waals surface area contributed by atoms with Crippen molar-refractivity contribution in [3.05, 3.63) is 42.7 Å². The van der Waals surface area contributed by atoms with Crippen LogP contribution in [-0.4, -0.2) is 30.7 Å². The highest BCUT2D eigenvalue weighted by Gasteiger charge is 2.11. The Balaban J connectivity index is 1.96. The van der Waals surface area contributed by atoms with Crippen molar-refractivity contribution in [1.82, 2.24) is 9.97 Å². The minimum absolute atomic E-state index is 0.513. The number of benzene rings is 1. The molecule has 0 aliphatic carbocycles. The molecule has 0 radical (unpaired) electrons. The SMILES string of the molecule is CCNc1ccc(Oc2ccnc3cc(OC)c(OC)cc23)nc1. The minimum atomic E-state index is 0.513. The van der Waals surface area contributed by atoms with Gasteiger partial charge >= 0.3 is 0 Å². The average Bonchev–Trinajstić information content (AvgIpc) is 2.62. The van der Waals surface area contributed by atoms with Gasteiger partial charge in [-0.3, -0.25) is 4.98 Å². The van der Waals surface area contributed by atoms with Gasteiger partial charge in [-0.25, -0.2) is 4.98 Å². The molecule has 0 spiro atoms. The first-order chi connectivity index (χ1) is 11.7. The minimum Gasteiger partial charge on any atom is -0.493 e. The molecule has 6 nitrogen and oxygen atoms in total. The van der Waals surface area contributed by atoms with Crippen LogP contribution in [0.1, 0.15) is 6.92 Å². The van der Waals surface area contributed by atoms with Crippen molar-refractivity contribution >= 4 is 16.6 Å². The number of anilines is 1. The largest absolute Gasteiger partial charge is 0.493 e. The van der Waals surface area contributed by atoms with Gasteiger partial charge in [-0.05, 0) is 25.1 Å². The third-order valence-corrected chi connectivity index (χ3v) is 3.54. The Bertz CT molecular complexity index is 835. The summed E-state index contributed by atoms with van der Waals surface area (Å²) in [5, 5.41) is 4.02. The van der Waals surface area contributed by atoms with Gasteiger partial charge in [-0.15, -0.1) is 0 Å². The summed E-state index contributed by atoms with van der Waals surface area (Å²) in [7, 11) is 3.20. The second-order valence-electron chi connectivity index (χ2n) is 5.05. The summed E-state index contributed by atoms with van der Waals surface area (Å²) in [6.45, 7) is 2.88. The van der Waals surface area contributed by atoms with E-state index in [-0.39, 0.29) is 0 Å². The van der Waals surface area contributed by atoms with E-state index in [0.29, 0.717) is 23.1 Å². The molecule has 0 aliphatic heterocycles. The number of ether oxygens (including phenoxy) is 3. The fourth-order valence-corrected chi connectivity index (χ4v) is 2.40. The van der Waals surface area contributed by atoms with Crippen molar-refractivity contribution in [2.75, 3.05) is 26.1 Å². The highest BCUT2D eigenvalue weighted by Crippen LogP contribution is 2.36. The molecule has 0 bridgehead atoms. The van der Waals surface area contributed by atoms with Crippen molar-refractivity contribution in [3.63, 3.8) is 0 Å². The number of methoxy groups -OCH3 is 2. The molecular formula is C18H19N3O3. The van der Waals surface area contributed by atoms with Gasteiger partial charge in [0.2, 0.25) is 5.88 Å². The lowest BCUT2D eigenvalue weighted by molar-refractivity contribution is 0.355. The lowest BCUT2D eigenvalue weighted by Gasteiger charge is -2.12. The average molecular weight is 325 g/mol. The molecule has 3 rings (SSSR count).